The Hall–Kier alpha value is -2.79. The van der Waals surface area contributed by atoms with Crippen LogP contribution in [0.1, 0.15) is 17.2 Å². The van der Waals surface area contributed by atoms with E-state index in [9.17, 15) is 4.79 Å². The highest BCUT2D eigenvalue weighted by molar-refractivity contribution is 9.10. The molecular weight excluding hydrogens is 406 g/mol. The summed E-state index contributed by atoms with van der Waals surface area (Å²) in [6.07, 6.45) is 0. The van der Waals surface area contributed by atoms with E-state index < -0.39 is 0 Å². The molecule has 27 heavy (non-hydrogen) atoms. The first-order valence-corrected chi connectivity index (χ1v) is 9.31. The molecule has 1 N–H and O–H groups in total. The molecule has 4 nitrogen and oxygen atoms in total. The molecule has 5 heteroatoms. The average Bonchev–Trinajstić information content (AvgIpc) is 2.72. The van der Waals surface area contributed by atoms with Crippen LogP contribution in [0.3, 0.4) is 0 Å². The summed E-state index contributed by atoms with van der Waals surface area (Å²) in [7, 11) is 1.63. The third-order valence-electron chi connectivity index (χ3n) is 4.07. The molecule has 0 spiro atoms. The lowest BCUT2D eigenvalue weighted by Crippen LogP contribution is -2.33. The molecule has 0 radical (unpaired) electrons. The number of hydrogen-bond acceptors (Lipinski definition) is 3. The molecule has 0 aliphatic heterocycles. The zero-order chi connectivity index (χ0) is 19.1. The van der Waals surface area contributed by atoms with Gasteiger partial charge in [0.15, 0.2) is 6.61 Å². The molecule has 0 aliphatic rings. The zero-order valence-corrected chi connectivity index (χ0v) is 16.5. The first kappa shape index (κ1) is 19.0. The van der Waals surface area contributed by atoms with E-state index in [1.165, 1.54) is 0 Å². The number of nitrogens with one attached hydrogen (secondary N) is 1. The summed E-state index contributed by atoms with van der Waals surface area (Å²) < 4.78 is 11.8. The lowest BCUT2D eigenvalue weighted by molar-refractivity contribution is -0.123. The second-order valence-electron chi connectivity index (χ2n) is 5.93. The topological polar surface area (TPSA) is 47.6 Å². The molecule has 3 rings (SSSR count). The Morgan fingerprint density at radius 1 is 0.889 bits per heavy atom. The monoisotopic (exact) mass is 425 g/mol. The predicted octanol–water partition coefficient (Wildman–Crippen LogP) is 4.74. The third kappa shape index (κ3) is 5.34. The Kier molecular flexibility index (Phi) is 6.49. The highest BCUT2D eigenvalue weighted by Crippen LogP contribution is 2.24. The number of carbonyl (C=O) groups is 1. The predicted molar refractivity (Wildman–Crippen MR) is 109 cm³/mol. The van der Waals surface area contributed by atoms with Gasteiger partial charge in [0.25, 0.3) is 5.91 Å². The van der Waals surface area contributed by atoms with Crippen molar-refractivity contribution in [1.29, 1.82) is 0 Å². The van der Waals surface area contributed by atoms with Crippen molar-refractivity contribution in [2.24, 2.45) is 0 Å². The molecule has 0 bridgehead atoms. The molecule has 0 saturated carbocycles. The molecule has 0 saturated heterocycles. The summed E-state index contributed by atoms with van der Waals surface area (Å²) in [4.78, 5) is 12.5. The number of hydrogen-bond donors (Lipinski definition) is 1. The third-order valence-corrected chi connectivity index (χ3v) is 4.60. The lowest BCUT2D eigenvalue weighted by atomic mass is 9.98. The largest absolute Gasteiger partial charge is 0.497 e. The normalized spacial score (nSPS) is 11.5. The van der Waals surface area contributed by atoms with E-state index in [-0.39, 0.29) is 18.6 Å². The molecule has 0 aliphatic carbocycles. The van der Waals surface area contributed by atoms with Crippen molar-refractivity contribution in [2.75, 3.05) is 13.7 Å². The maximum atomic E-state index is 12.5. The van der Waals surface area contributed by atoms with E-state index in [1.807, 2.05) is 78.9 Å². The molecule has 1 amide bonds. The van der Waals surface area contributed by atoms with Gasteiger partial charge in [0.1, 0.15) is 11.5 Å². The van der Waals surface area contributed by atoms with Gasteiger partial charge in [0.05, 0.1) is 13.2 Å². The van der Waals surface area contributed by atoms with Crippen LogP contribution < -0.4 is 14.8 Å². The minimum absolute atomic E-state index is 0.0544. The fraction of sp³-hybridized carbons (Fsp3) is 0.136. The van der Waals surface area contributed by atoms with Crippen molar-refractivity contribution in [2.45, 2.75) is 6.04 Å². The minimum atomic E-state index is -0.266. The van der Waals surface area contributed by atoms with Gasteiger partial charge in [-0.25, -0.2) is 0 Å². The number of carbonyl (C=O) groups excluding carboxylic acids is 1. The number of methoxy groups -OCH3 is 1. The van der Waals surface area contributed by atoms with Crippen molar-refractivity contribution in [3.8, 4) is 11.5 Å². The fourth-order valence-electron chi connectivity index (χ4n) is 2.68. The van der Waals surface area contributed by atoms with Gasteiger partial charge < -0.3 is 14.8 Å². The molecular formula is C22H20BrNO3. The molecule has 1 atom stereocenters. The van der Waals surface area contributed by atoms with Crippen molar-refractivity contribution < 1.29 is 14.3 Å². The Morgan fingerprint density at radius 2 is 1.48 bits per heavy atom. The fourth-order valence-corrected chi connectivity index (χ4v) is 2.95. The van der Waals surface area contributed by atoms with Crippen LogP contribution in [-0.2, 0) is 4.79 Å². The van der Waals surface area contributed by atoms with E-state index >= 15 is 0 Å². The first-order chi connectivity index (χ1) is 13.2. The number of amides is 1. The summed E-state index contributed by atoms with van der Waals surface area (Å²) in [6, 6.07) is 24.6. The van der Waals surface area contributed by atoms with Gasteiger partial charge >= 0.3 is 0 Å². The molecule has 3 aromatic carbocycles. The van der Waals surface area contributed by atoms with Gasteiger partial charge in [-0.15, -0.1) is 0 Å². The molecule has 0 fully saturated rings. The van der Waals surface area contributed by atoms with Crippen LogP contribution in [0.15, 0.2) is 83.3 Å². The van der Waals surface area contributed by atoms with Gasteiger partial charge in [0, 0.05) is 4.47 Å². The van der Waals surface area contributed by atoms with Crippen molar-refractivity contribution in [3.63, 3.8) is 0 Å². The summed E-state index contributed by atoms with van der Waals surface area (Å²) in [5.41, 5.74) is 1.97. The number of ether oxygens (including phenoxy) is 2. The quantitative estimate of drug-likeness (QED) is 0.594. The smallest absolute Gasteiger partial charge is 0.258 e. The Morgan fingerprint density at radius 3 is 2.11 bits per heavy atom. The van der Waals surface area contributed by atoms with Crippen molar-refractivity contribution in [1.82, 2.24) is 5.32 Å². The van der Waals surface area contributed by atoms with Crippen LogP contribution in [0.25, 0.3) is 0 Å². The van der Waals surface area contributed by atoms with E-state index in [0.717, 1.165) is 21.3 Å². The highest BCUT2D eigenvalue weighted by atomic mass is 79.9. The molecule has 0 aromatic heterocycles. The second kappa shape index (κ2) is 9.24. The van der Waals surface area contributed by atoms with Gasteiger partial charge in [-0.2, -0.15) is 0 Å². The van der Waals surface area contributed by atoms with Crippen LogP contribution in [0.4, 0.5) is 0 Å². The molecule has 3 aromatic rings. The maximum Gasteiger partial charge on any atom is 0.258 e. The van der Waals surface area contributed by atoms with Gasteiger partial charge in [-0.1, -0.05) is 58.4 Å². The highest BCUT2D eigenvalue weighted by Gasteiger charge is 2.17. The molecule has 0 heterocycles. The lowest BCUT2D eigenvalue weighted by Gasteiger charge is -2.20. The van der Waals surface area contributed by atoms with E-state index in [2.05, 4.69) is 21.2 Å². The molecule has 0 unspecified atom stereocenters. The van der Waals surface area contributed by atoms with Crippen molar-refractivity contribution >= 4 is 21.8 Å². The zero-order valence-electron chi connectivity index (χ0n) is 14.9. The summed E-state index contributed by atoms with van der Waals surface area (Å²) >= 11 is 3.38. The van der Waals surface area contributed by atoms with Gasteiger partial charge in [-0.05, 0) is 47.5 Å². The SMILES string of the molecule is COc1ccc([C@@H](NC(=O)COc2ccc(Br)cc2)c2ccccc2)cc1. The van der Waals surface area contributed by atoms with Crippen LogP contribution in [0.5, 0.6) is 11.5 Å². The van der Waals surface area contributed by atoms with Crippen LogP contribution in [-0.4, -0.2) is 19.6 Å². The Labute approximate surface area is 167 Å². The standard InChI is InChI=1S/C22H20BrNO3/c1-26-19-11-7-17(8-12-19)22(16-5-3-2-4-6-16)24-21(25)15-27-20-13-9-18(23)10-14-20/h2-14,22H,15H2,1H3,(H,24,25)/t22-/m0/s1. The number of rotatable bonds is 7. The van der Waals surface area contributed by atoms with Crippen LogP contribution >= 0.6 is 15.9 Å². The Bertz CT molecular complexity index is 864. The summed E-state index contributed by atoms with van der Waals surface area (Å²) in [5.74, 6) is 1.23. The summed E-state index contributed by atoms with van der Waals surface area (Å²) in [5, 5.41) is 3.05. The minimum Gasteiger partial charge on any atom is -0.497 e. The first-order valence-electron chi connectivity index (χ1n) is 8.52. The molecule has 138 valence electrons. The van der Waals surface area contributed by atoms with Crippen LogP contribution in [0, 0.1) is 0 Å². The Balaban J connectivity index is 1.72. The van der Waals surface area contributed by atoms with Gasteiger partial charge in [-0.3, -0.25) is 4.79 Å². The number of halogens is 1. The van der Waals surface area contributed by atoms with Gasteiger partial charge in [0.2, 0.25) is 0 Å². The van der Waals surface area contributed by atoms with E-state index in [4.69, 9.17) is 9.47 Å². The maximum absolute atomic E-state index is 12.5. The second-order valence-corrected chi connectivity index (χ2v) is 6.84. The van der Waals surface area contributed by atoms with E-state index in [0.29, 0.717) is 5.75 Å². The average molecular weight is 426 g/mol. The van der Waals surface area contributed by atoms with Crippen molar-refractivity contribution in [3.05, 3.63) is 94.5 Å². The van der Waals surface area contributed by atoms with Crippen LogP contribution in [0.2, 0.25) is 0 Å². The number of benzene rings is 3. The van der Waals surface area contributed by atoms with E-state index in [1.54, 1.807) is 7.11 Å². The summed E-state index contributed by atoms with van der Waals surface area (Å²) in [6.45, 7) is -0.0544.